The van der Waals surface area contributed by atoms with Crippen LogP contribution in [-0.4, -0.2) is 5.11 Å². The third-order valence-corrected chi connectivity index (χ3v) is 4.19. The number of halogens is 1. The lowest BCUT2D eigenvalue weighted by Crippen LogP contribution is -2.06. The van der Waals surface area contributed by atoms with Crippen LogP contribution >= 0.6 is 15.9 Å². The Morgan fingerprint density at radius 3 is 2.77 bits per heavy atom. The number of aliphatic hydroxyl groups is 1. The summed E-state index contributed by atoms with van der Waals surface area (Å²) in [7, 11) is 0. The summed E-state index contributed by atoms with van der Waals surface area (Å²) in [6, 6.07) is 6.12. The van der Waals surface area contributed by atoms with E-state index >= 15 is 0 Å². The first-order valence-corrected chi connectivity index (χ1v) is 5.48. The molecule has 1 saturated carbocycles. The maximum absolute atomic E-state index is 10.1. The molecule has 0 saturated heterocycles. The van der Waals surface area contributed by atoms with E-state index in [1.165, 1.54) is 18.4 Å². The molecule has 0 radical (unpaired) electrons. The van der Waals surface area contributed by atoms with E-state index in [9.17, 15) is 5.11 Å². The maximum Gasteiger partial charge on any atom is 0.0852 e. The fourth-order valence-corrected chi connectivity index (χ4v) is 2.93. The fourth-order valence-electron chi connectivity index (χ4n) is 2.41. The predicted molar refractivity (Wildman–Crippen MR) is 54.5 cm³/mol. The topological polar surface area (TPSA) is 20.2 Å². The summed E-state index contributed by atoms with van der Waals surface area (Å²) >= 11 is 3.54. The molecule has 3 rings (SSSR count). The van der Waals surface area contributed by atoms with Crippen molar-refractivity contribution in [3.05, 3.63) is 33.8 Å². The second-order valence-corrected chi connectivity index (χ2v) is 5.10. The molecule has 2 heteroatoms. The first-order valence-electron chi connectivity index (χ1n) is 4.68. The van der Waals surface area contributed by atoms with Gasteiger partial charge in [0.1, 0.15) is 0 Å². The van der Waals surface area contributed by atoms with Crippen molar-refractivity contribution in [3.8, 4) is 0 Å². The van der Waals surface area contributed by atoms with Gasteiger partial charge in [0.15, 0.2) is 0 Å². The molecule has 2 aliphatic rings. The number of fused-ring (bicyclic) bond motifs is 1. The van der Waals surface area contributed by atoms with Gasteiger partial charge in [0.05, 0.1) is 6.10 Å². The van der Waals surface area contributed by atoms with Crippen LogP contribution in [-0.2, 0) is 6.42 Å². The molecule has 0 aliphatic heterocycles. The zero-order chi connectivity index (χ0) is 9.05. The van der Waals surface area contributed by atoms with Gasteiger partial charge in [-0.2, -0.15) is 0 Å². The summed E-state index contributed by atoms with van der Waals surface area (Å²) in [5.41, 5.74) is 2.70. The highest BCUT2D eigenvalue weighted by molar-refractivity contribution is 9.10. The van der Waals surface area contributed by atoms with Gasteiger partial charge < -0.3 is 5.11 Å². The van der Waals surface area contributed by atoms with Crippen LogP contribution in [0.25, 0.3) is 0 Å². The molecule has 1 spiro atoms. The summed E-state index contributed by atoms with van der Waals surface area (Å²) in [6.07, 6.45) is 3.23. The average molecular weight is 239 g/mol. The molecule has 0 bridgehead atoms. The second kappa shape index (κ2) is 2.37. The molecule has 1 N–H and O–H groups in total. The molecule has 1 fully saturated rings. The standard InChI is InChI=1S/C11H11BrO/c12-9-3-1-2-7-8(9)6-11(4-5-11)10(7)13/h1-3,10,13H,4-6H2. The van der Waals surface area contributed by atoms with Gasteiger partial charge in [-0.05, 0) is 36.5 Å². The first-order chi connectivity index (χ1) is 6.23. The molecular formula is C11H11BrO. The second-order valence-electron chi connectivity index (χ2n) is 4.25. The monoisotopic (exact) mass is 238 g/mol. The van der Waals surface area contributed by atoms with E-state index in [1.807, 2.05) is 6.07 Å². The Balaban J connectivity index is 2.16. The van der Waals surface area contributed by atoms with Gasteiger partial charge in [-0.15, -0.1) is 0 Å². The molecule has 0 amide bonds. The molecule has 1 atom stereocenters. The van der Waals surface area contributed by atoms with Crippen molar-refractivity contribution in [2.45, 2.75) is 25.4 Å². The Morgan fingerprint density at radius 2 is 2.15 bits per heavy atom. The quantitative estimate of drug-likeness (QED) is 0.738. The molecule has 68 valence electrons. The summed E-state index contributed by atoms with van der Waals surface area (Å²) in [5.74, 6) is 0. The largest absolute Gasteiger partial charge is 0.388 e. The van der Waals surface area contributed by atoms with E-state index in [-0.39, 0.29) is 11.5 Å². The minimum atomic E-state index is -0.208. The van der Waals surface area contributed by atoms with Crippen LogP contribution in [0.3, 0.4) is 0 Å². The number of aliphatic hydroxyl groups excluding tert-OH is 1. The Kier molecular flexibility index (Phi) is 1.46. The average Bonchev–Trinajstić information content (AvgIpc) is 2.82. The van der Waals surface area contributed by atoms with Crippen LogP contribution in [0.15, 0.2) is 22.7 Å². The maximum atomic E-state index is 10.1. The molecule has 1 aromatic carbocycles. The summed E-state index contributed by atoms with van der Waals surface area (Å²) < 4.78 is 1.16. The lowest BCUT2D eigenvalue weighted by Gasteiger charge is -2.11. The smallest absolute Gasteiger partial charge is 0.0852 e. The van der Waals surface area contributed by atoms with Gasteiger partial charge >= 0.3 is 0 Å². The molecule has 0 aromatic heterocycles. The third-order valence-electron chi connectivity index (χ3n) is 3.45. The minimum absolute atomic E-state index is 0.208. The van der Waals surface area contributed by atoms with Gasteiger partial charge in [-0.1, -0.05) is 28.1 Å². The number of benzene rings is 1. The van der Waals surface area contributed by atoms with Crippen molar-refractivity contribution in [3.63, 3.8) is 0 Å². The van der Waals surface area contributed by atoms with E-state index < -0.39 is 0 Å². The normalized spacial score (nSPS) is 27.7. The summed E-state index contributed by atoms with van der Waals surface area (Å²) in [5, 5.41) is 10.1. The summed E-state index contributed by atoms with van der Waals surface area (Å²) in [6.45, 7) is 0. The van der Waals surface area contributed by atoms with Crippen molar-refractivity contribution < 1.29 is 5.11 Å². The zero-order valence-corrected chi connectivity index (χ0v) is 8.84. The van der Waals surface area contributed by atoms with Crippen LogP contribution < -0.4 is 0 Å². The SMILES string of the molecule is OC1c2cccc(Br)c2CC12CC2. The van der Waals surface area contributed by atoms with Crippen molar-refractivity contribution in [1.29, 1.82) is 0 Å². The Bertz CT molecular complexity index is 368. The molecule has 13 heavy (non-hydrogen) atoms. The minimum Gasteiger partial charge on any atom is -0.388 e. The van der Waals surface area contributed by atoms with E-state index in [0.717, 1.165) is 16.5 Å². The van der Waals surface area contributed by atoms with Gasteiger partial charge in [-0.25, -0.2) is 0 Å². The van der Waals surface area contributed by atoms with E-state index in [2.05, 4.69) is 28.1 Å². The van der Waals surface area contributed by atoms with E-state index in [4.69, 9.17) is 0 Å². The molecule has 0 heterocycles. The lowest BCUT2D eigenvalue weighted by molar-refractivity contribution is 0.109. The predicted octanol–water partition coefficient (Wildman–Crippen LogP) is 2.82. The third kappa shape index (κ3) is 0.960. The number of hydrogen-bond donors (Lipinski definition) is 1. The molecular weight excluding hydrogens is 228 g/mol. The molecule has 1 unspecified atom stereocenters. The van der Waals surface area contributed by atoms with E-state index in [1.54, 1.807) is 0 Å². The van der Waals surface area contributed by atoms with Crippen molar-refractivity contribution >= 4 is 15.9 Å². The Morgan fingerprint density at radius 1 is 1.38 bits per heavy atom. The van der Waals surface area contributed by atoms with Crippen LogP contribution in [0.1, 0.15) is 30.1 Å². The van der Waals surface area contributed by atoms with Crippen molar-refractivity contribution in [2.75, 3.05) is 0 Å². The molecule has 2 aliphatic carbocycles. The molecule has 1 aromatic rings. The van der Waals surface area contributed by atoms with Crippen LogP contribution in [0.4, 0.5) is 0 Å². The highest BCUT2D eigenvalue weighted by Crippen LogP contribution is 2.62. The highest BCUT2D eigenvalue weighted by atomic mass is 79.9. The highest BCUT2D eigenvalue weighted by Gasteiger charge is 2.54. The van der Waals surface area contributed by atoms with E-state index in [0.29, 0.717) is 0 Å². The first kappa shape index (κ1) is 8.01. The number of rotatable bonds is 0. The number of hydrogen-bond acceptors (Lipinski definition) is 1. The fraction of sp³-hybridized carbons (Fsp3) is 0.455. The van der Waals surface area contributed by atoms with Crippen molar-refractivity contribution in [1.82, 2.24) is 0 Å². The van der Waals surface area contributed by atoms with Gasteiger partial charge in [-0.3, -0.25) is 0 Å². The van der Waals surface area contributed by atoms with Crippen molar-refractivity contribution in [2.24, 2.45) is 5.41 Å². The summed E-state index contributed by atoms with van der Waals surface area (Å²) in [4.78, 5) is 0. The van der Waals surface area contributed by atoms with Gasteiger partial charge in [0.25, 0.3) is 0 Å². The Labute approximate surface area is 85.9 Å². The Hall–Kier alpha value is -0.340. The van der Waals surface area contributed by atoms with Crippen LogP contribution in [0, 0.1) is 5.41 Å². The van der Waals surface area contributed by atoms with Crippen LogP contribution in [0.2, 0.25) is 0 Å². The van der Waals surface area contributed by atoms with Gasteiger partial charge in [0, 0.05) is 9.89 Å². The van der Waals surface area contributed by atoms with Crippen LogP contribution in [0.5, 0.6) is 0 Å². The lowest BCUT2D eigenvalue weighted by atomic mass is 10.0. The van der Waals surface area contributed by atoms with Gasteiger partial charge in [0.2, 0.25) is 0 Å². The zero-order valence-electron chi connectivity index (χ0n) is 7.26. The molecule has 1 nitrogen and oxygen atoms in total.